The van der Waals surface area contributed by atoms with E-state index >= 15 is 0 Å². The molecule has 3 nitrogen and oxygen atoms in total. The fourth-order valence-electron chi connectivity index (χ4n) is 2.85. The number of aromatic hydroxyl groups is 1. The molecule has 100 valence electrons. The zero-order valence-electron chi connectivity index (χ0n) is 11.4. The van der Waals surface area contributed by atoms with E-state index in [2.05, 4.69) is 0 Å². The molecule has 3 heteroatoms. The summed E-state index contributed by atoms with van der Waals surface area (Å²) in [6.45, 7) is 3.79. The molecular weight excluding hydrogens is 252 g/mol. The summed E-state index contributed by atoms with van der Waals surface area (Å²) >= 11 is 0. The topological polar surface area (TPSA) is 54.4 Å². The number of aryl methyl sites for hydroxylation is 1. The highest BCUT2D eigenvalue weighted by molar-refractivity contribution is 6.29. The molecule has 1 aliphatic carbocycles. The Hall–Kier alpha value is -2.42. The van der Waals surface area contributed by atoms with Crippen molar-refractivity contribution in [2.45, 2.75) is 20.3 Å². The summed E-state index contributed by atoms with van der Waals surface area (Å²) in [5, 5.41) is 10.1. The van der Waals surface area contributed by atoms with E-state index in [1.807, 2.05) is 13.8 Å². The second kappa shape index (κ2) is 4.30. The van der Waals surface area contributed by atoms with E-state index in [-0.39, 0.29) is 22.9 Å². The number of benzene rings is 2. The second-order valence-electron chi connectivity index (χ2n) is 4.99. The number of phenols is 1. The maximum Gasteiger partial charge on any atom is 0.198 e. The van der Waals surface area contributed by atoms with Gasteiger partial charge >= 0.3 is 0 Å². The molecule has 2 aromatic carbocycles. The van der Waals surface area contributed by atoms with Gasteiger partial charge in [0.1, 0.15) is 5.75 Å². The molecular formula is C17H14O3. The van der Waals surface area contributed by atoms with Gasteiger partial charge in [0.15, 0.2) is 11.6 Å². The van der Waals surface area contributed by atoms with E-state index in [1.165, 1.54) is 0 Å². The standard InChI is InChI=1S/C17H14O3/c1-3-10-8-13(18)15-14(9(10)2)16(19)11-6-4-5-7-12(11)17(15)20/h4-8,18H,3H2,1-2H3. The number of phenolic OH excluding ortho intramolecular Hbond substituents is 1. The van der Waals surface area contributed by atoms with Gasteiger partial charge in [0, 0.05) is 16.7 Å². The quantitative estimate of drug-likeness (QED) is 0.736. The highest BCUT2D eigenvalue weighted by Gasteiger charge is 2.33. The van der Waals surface area contributed by atoms with Gasteiger partial charge in [-0.2, -0.15) is 0 Å². The fourth-order valence-corrected chi connectivity index (χ4v) is 2.85. The van der Waals surface area contributed by atoms with Crippen molar-refractivity contribution in [3.8, 4) is 5.75 Å². The number of carbonyl (C=O) groups is 2. The minimum atomic E-state index is -0.279. The maximum absolute atomic E-state index is 12.6. The molecule has 0 saturated carbocycles. The lowest BCUT2D eigenvalue weighted by Crippen LogP contribution is -2.22. The van der Waals surface area contributed by atoms with Crippen LogP contribution in [0.5, 0.6) is 5.75 Å². The predicted octanol–water partition coefficient (Wildman–Crippen LogP) is 3.04. The summed E-state index contributed by atoms with van der Waals surface area (Å²) in [7, 11) is 0. The van der Waals surface area contributed by atoms with Crippen LogP contribution in [0.25, 0.3) is 0 Å². The lowest BCUT2D eigenvalue weighted by molar-refractivity contribution is 0.0976. The molecule has 0 atom stereocenters. The summed E-state index contributed by atoms with van der Waals surface area (Å²) in [4.78, 5) is 25.1. The molecule has 2 aromatic rings. The van der Waals surface area contributed by atoms with Crippen LogP contribution in [-0.2, 0) is 6.42 Å². The molecule has 0 fully saturated rings. The summed E-state index contributed by atoms with van der Waals surface area (Å²) in [6.07, 6.45) is 0.704. The molecule has 0 radical (unpaired) electrons. The number of rotatable bonds is 1. The van der Waals surface area contributed by atoms with Gasteiger partial charge < -0.3 is 5.11 Å². The van der Waals surface area contributed by atoms with Gasteiger partial charge in [-0.15, -0.1) is 0 Å². The predicted molar refractivity (Wildman–Crippen MR) is 75.5 cm³/mol. The normalized spacial score (nSPS) is 13.1. The second-order valence-corrected chi connectivity index (χ2v) is 4.99. The fraction of sp³-hybridized carbons (Fsp3) is 0.176. The van der Waals surface area contributed by atoms with E-state index in [0.717, 1.165) is 11.1 Å². The van der Waals surface area contributed by atoms with E-state index in [1.54, 1.807) is 30.3 Å². The van der Waals surface area contributed by atoms with Crippen LogP contribution in [0.15, 0.2) is 30.3 Å². The Balaban J connectivity index is 2.39. The third-order valence-electron chi connectivity index (χ3n) is 3.93. The summed E-state index contributed by atoms with van der Waals surface area (Å²) in [6, 6.07) is 8.34. The first-order chi connectivity index (χ1) is 9.56. The van der Waals surface area contributed by atoms with Crippen molar-refractivity contribution in [2.75, 3.05) is 0 Å². The van der Waals surface area contributed by atoms with Crippen LogP contribution in [-0.4, -0.2) is 16.7 Å². The van der Waals surface area contributed by atoms with Crippen LogP contribution >= 0.6 is 0 Å². The monoisotopic (exact) mass is 266 g/mol. The van der Waals surface area contributed by atoms with Crippen LogP contribution < -0.4 is 0 Å². The molecule has 0 bridgehead atoms. The molecule has 0 aromatic heterocycles. The van der Waals surface area contributed by atoms with Crippen molar-refractivity contribution in [3.63, 3.8) is 0 Å². The van der Waals surface area contributed by atoms with Crippen molar-refractivity contribution in [3.05, 3.63) is 63.7 Å². The lowest BCUT2D eigenvalue weighted by Gasteiger charge is -2.21. The van der Waals surface area contributed by atoms with Crippen LogP contribution in [0.2, 0.25) is 0 Å². The Kier molecular flexibility index (Phi) is 2.71. The van der Waals surface area contributed by atoms with Crippen LogP contribution in [0.4, 0.5) is 0 Å². The molecule has 0 aliphatic heterocycles. The average molecular weight is 266 g/mol. The summed E-state index contributed by atoms with van der Waals surface area (Å²) in [5.74, 6) is -0.563. The first kappa shape index (κ1) is 12.6. The molecule has 0 saturated heterocycles. The third-order valence-corrected chi connectivity index (χ3v) is 3.93. The van der Waals surface area contributed by atoms with Crippen molar-refractivity contribution >= 4 is 11.6 Å². The van der Waals surface area contributed by atoms with Gasteiger partial charge in [-0.1, -0.05) is 31.2 Å². The third kappa shape index (κ3) is 1.53. The van der Waals surface area contributed by atoms with Crippen LogP contribution in [0.3, 0.4) is 0 Å². The molecule has 1 N–H and O–H groups in total. The van der Waals surface area contributed by atoms with Gasteiger partial charge in [-0.25, -0.2) is 0 Å². The summed E-state index contributed by atoms with van der Waals surface area (Å²) in [5.41, 5.74) is 2.95. The van der Waals surface area contributed by atoms with Crippen LogP contribution in [0.1, 0.15) is 49.9 Å². The Morgan fingerprint density at radius 1 is 1.00 bits per heavy atom. The zero-order valence-corrected chi connectivity index (χ0v) is 11.4. The van der Waals surface area contributed by atoms with Crippen molar-refractivity contribution in [2.24, 2.45) is 0 Å². The first-order valence-electron chi connectivity index (χ1n) is 6.60. The largest absolute Gasteiger partial charge is 0.507 e. The van der Waals surface area contributed by atoms with E-state index in [4.69, 9.17) is 0 Å². The Morgan fingerprint density at radius 2 is 1.55 bits per heavy atom. The number of ketones is 2. The maximum atomic E-state index is 12.6. The first-order valence-corrected chi connectivity index (χ1v) is 6.60. The van der Waals surface area contributed by atoms with Gasteiger partial charge in [0.25, 0.3) is 0 Å². The highest BCUT2D eigenvalue weighted by Crippen LogP contribution is 2.36. The van der Waals surface area contributed by atoms with Crippen molar-refractivity contribution < 1.29 is 14.7 Å². The number of hydrogen-bond donors (Lipinski definition) is 1. The minimum absolute atomic E-state index is 0.102. The van der Waals surface area contributed by atoms with E-state index < -0.39 is 0 Å². The molecule has 3 rings (SSSR count). The number of hydrogen-bond acceptors (Lipinski definition) is 3. The lowest BCUT2D eigenvalue weighted by atomic mass is 9.80. The van der Waals surface area contributed by atoms with Gasteiger partial charge in [0.05, 0.1) is 5.56 Å². The Labute approximate surface area is 116 Å². The molecule has 20 heavy (non-hydrogen) atoms. The van der Waals surface area contributed by atoms with Crippen molar-refractivity contribution in [1.82, 2.24) is 0 Å². The smallest absolute Gasteiger partial charge is 0.198 e. The van der Waals surface area contributed by atoms with Crippen molar-refractivity contribution in [1.29, 1.82) is 0 Å². The number of fused-ring (bicyclic) bond motifs is 2. The van der Waals surface area contributed by atoms with Gasteiger partial charge in [-0.05, 0) is 30.5 Å². The average Bonchev–Trinajstić information content (AvgIpc) is 2.46. The molecule has 0 spiro atoms. The van der Waals surface area contributed by atoms with Gasteiger partial charge in [0.2, 0.25) is 0 Å². The minimum Gasteiger partial charge on any atom is -0.507 e. The molecule has 0 heterocycles. The zero-order chi connectivity index (χ0) is 14.4. The summed E-state index contributed by atoms with van der Waals surface area (Å²) < 4.78 is 0. The SMILES string of the molecule is CCc1cc(O)c2c(c1C)C(=O)c1ccccc1C2=O. The number of carbonyl (C=O) groups excluding carboxylic acids is 2. The van der Waals surface area contributed by atoms with Crippen LogP contribution in [0, 0.1) is 6.92 Å². The Morgan fingerprint density at radius 3 is 2.10 bits per heavy atom. The highest BCUT2D eigenvalue weighted by atomic mass is 16.3. The van der Waals surface area contributed by atoms with Gasteiger partial charge in [-0.3, -0.25) is 9.59 Å². The Bertz CT molecular complexity index is 757. The molecule has 1 aliphatic rings. The molecule has 0 amide bonds. The van der Waals surface area contributed by atoms with E-state index in [0.29, 0.717) is 23.1 Å². The van der Waals surface area contributed by atoms with E-state index in [9.17, 15) is 14.7 Å². The molecule has 0 unspecified atom stereocenters.